The number of nitrogens with zero attached hydrogens (tertiary/aromatic N) is 2. The fraction of sp³-hybridized carbons (Fsp3) is 0. The van der Waals surface area contributed by atoms with Crippen molar-refractivity contribution in [2.45, 2.75) is 0 Å². The highest BCUT2D eigenvalue weighted by Gasteiger charge is 2.09. The second-order valence-electron chi connectivity index (χ2n) is 3.62. The summed E-state index contributed by atoms with van der Waals surface area (Å²) in [6.45, 7) is 0. The standard InChI is InChI=1S/C12H8BrN3O3/c13-9-3-6-11(14-7-9)15-12(17)8-1-4-10(5-2-8)16(18)19/h1-7H,(H,14,15,17). The van der Waals surface area contributed by atoms with Crippen molar-refractivity contribution in [1.29, 1.82) is 0 Å². The number of non-ortho nitro benzene ring substituents is 1. The van der Waals surface area contributed by atoms with E-state index < -0.39 is 4.92 Å². The quantitative estimate of drug-likeness (QED) is 0.695. The molecule has 1 aromatic heterocycles. The molecule has 0 bridgehead atoms. The normalized spacial score (nSPS) is 9.95. The van der Waals surface area contributed by atoms with Crippen LogP contribution in [0.1, 0.15) is 10.4 Å². The van der Waals surface area contributed by atoms with Gasteiger partial charge in [-0.05, 0) is 40.2 Å². The number of amides is 1. The van der Waals surface area contributed by atoms with E-state index in [1.807, 2.05) is 0 Å². The van der Waals surface area contributed by atoms with E-state index in [2.05, 4.69) is 26.2 Å². The molecule has 7 heteroatoms. The van der Waals surface area contributed by atoms with Gasteiger partial charge in [0, 0.05) is 28.4 Å². The van der Waals surface area contributed by atoms with E-state index in [0.717, 1.165) is 4.47 Å². The second-order valence-corrected chi connectivity index (χ2v) is 4.54. The lowest BCUT2D eigenvalue weighted by Crippen LogP contribution is -2.12. The Kier molecular flexibility index (Phi) is 3.86. The minimum absolute atomic E-state index is 0.0571. The highest BCUT2D eigenvalue weighted by atomic mass is 79.9. The highest BCUT2D eigenvalue weighted by Crippen LogP contribution is 2.14. The summed E-state index contributed by atoms with van der Waals surface area (Å²) in [5, 5.41) is 13.1. The smallest absolute Gasteiger partial charge is 0.269 e. The molecule has 2 aromatic rings. The van der Waals surface area contributed by atoms with Gasteiger partial charge in [0.15, 0.2) is 0 Å². The largest absolute Gasteiger partial charge is 0.307 e. The molecule has 0 fully saturated rings. The molecule has 1 aromatic carbocycles. The van der Waals surface area contributed by atoms with Gasteiger partial charge >= 0.3 is 0 Å². The van der Waals surface area contributed by atoms with Gasteiger partial charge in [-0.3, -0.25) is 14.9 Å². The Labute approximate surface area is 116 Å². The molecular weight excluding hydrogens is 314 g/mol. The Morgan fingerprint density at radius 3 is 2.42 bits per heavy atom. The van der Waals surface area contributed by atoms with Crippen molar-refractivity contribution in [2.24, 2.45) is 0 Å². The topological polar surface area (TPSA) is 85.1 Å². The lowest BCUT2D eigenvalue weighted by atomic mass is 10.2. The van der Waals surface area contributed by atoms with Crippen LogP contribution in [0, 0.1) is 10.1 Å². The fourth-order valence-corrected chi connectivity index (χ4v) is 1.61. The van der Waals surface area contributed by atoms with Gasteiger partial charge < -0.3 is 5.32 Å². The zero-order chi connectivity index (χ0) is 13.8. The SMILES string of the molecule is O=C(Nc1ccc(Br)cn1)c1ccc([N+](=O)[O-])cc1. The molecule has 0 aliphatic rings. The minimum atomic E-state index is -0.516. The van der Waals surface area contributed by atoms with Crippen LogP contribution in [0.5, 0.6) is 0 Å². The van der Waals surface area contributed by atoms with Crippen molar-refractivity contribution in [2.75, 3.05) is 5.32 Å². The molecule has 0 spiro atoms. The molecule has 0 aliphatic heterocycles. The van der Waals surface area contributed by atoms with E-state index in [1.165, 1.54) is 24.3 Å². The number of hydrogen-bond donors (Lipinski definition) is 1. The Morgan fingerprint density at radius 2 is 1.89 bits per heavy atom. The van der Waals surface area contributed by atoms with Crippen LogP contribution < -0.4 is 5.32 Å². The van der Waals surface area contributed by atoms with Crippen molar-refractivity contribution < 1.29 is 9.72 Å². The molecule has 2 rings (SSSR count). The molecule has 6 nitrogen and oxygen atoms in total. The first-order valence-electron chi connectivity index (χ1n) is 5.23. The van der Waals surface area contributed by atoms with Crippen molar-refractivity contribution in [3.05, 3.63) is 62.7 Å². The molecule has 0 saturated carbocycles. The number of halogens is 1. The van der Waals surface area contributed by atoms with Gasteiger partial charge in [-0.15, -0.1) is 0 Å². The van der Waals surface area contributed by atoms with Crippen LogP contribution in [0.15, 0.2) is 47.1 Å². The summed E-state index contributed by atoms with van der Waals surface area (Å²) in [6.07, 6.45) is 1.56. The van der Waals surface area contributed by atoms with E-state index in [-0.39, 0.29) is 11.6 Å². The van der Waals surface area contributed by atoms with E-state index in [4.69, 9.17) is 0 Å². The Balaban J connectivity index is 2.11. The van der Waals surface area contributed by atoms with Crippen LogP contribution in [0.2, 0.25) is 0 Å². The third-order valence-corrected chi connectivity index (χ3v) is 2.78. The summed E-state index contributed by atoms with van der Waals surface area (Å²) in [7, 11) is 0. The minimum Gasteiger partial charge on any atom is -0.307 e. The Bertz CT molecular complexity index is 611. The maximum atomic E-state index is 11.8. The van der Waals surface area contributed by atoms with Gasteiger partial charge in [0.1, 0.15) is 5.82 Å². The first kappa shape index (κ1) is 13.2. The van der Waals surface area contributed by atoms with E-state index >= 15 is 0 Å². The van der Waals surface area contributed by atoms with Crippen molar-refractivity contribution in [3.63, 3.8) is 0 Å². The molecule has 0 saturated heterocycles. The number of pyridine rings is 1. The summed E-state index contributed by atoms with van der Waals surface area (Å²) in [6, 6.07) is 8.75. The molecule has 19 heavy (non-hydrogen) atoms. The number of nitro groups is 1. The first-order chi connectivity index (χ1) is 9.06. The summed E-state index contributed by atoms with van der Waals surface area (Å²) in [5.74, 6) is 0.0382. The summed E-state index contributed by atoms with van der Waals surface area (Å²) in [4.78, 5) is 25.8. The average molecular weight is 322 g/mol. The number of nitrogens with one attached hydrogen (secondary N) is 1. The Hall–Kier alpha value is -2.28. The van der Waals surface area contributed by atoms with Crippen LogP contribution in [0.4, 0.5) is 11.5 Å². The number of benzene rings is 1. The van der Waals surface area contributed by atoms with Gasteiger partial charge in [-0.25, -0.2) is 4.98 Å². The van der Waals surface area contributed by atoms with Crippen LogP contribution in [0.3, 0.4) is 0 Å². The molecule has 1 amide bonds. The van der Waals surface area contributed by atoms with Crippen LogP contribution in [0.25, 0.3) is 0 Å². The number of hydrogen-bond acceptors (Lipinski definition) is 4. The van der Waals surface area contributed by atoms with Gasteiger partial charge in [0.25, 0.3) is 11.6 Å². The summed E-state index contributed by atoms with van der Waals surface area (Å²) >= 11 is 3.24. The average Bonchev–Trinajstić information content (AvgIpc) is 2.41. The van der Waals surface area contributed by atoms with Gasteiger partial charge in [-0.1, -0.05) is 0 Å². The summed E-state index contributed by atoms with van der Waals surface area (Å²) in [5.41, 5.74) is 0.272. The molecule has 1 heterocycles. The molecule has 0 aliphatic carbocycles. The van der Waals surface area contributed by atoms with E-state index in [0.29, 0.717) is 11.4 Å². The number of nitro benzene ring substituents is 1. The molecule has 0 unspecified atom stereocenters. The monoisotopic (exact) mass is 321 g/mol. The van der Waals surface area contributed by atoms with Crippen molar-refractivity contribution in [1.82, 2.24) is 4.98 Å². The number of rotatable bonds is 3. The van der Waals surface area contributed by atoms with Crippen LogP contribution in [-0.4, -0.2) is 15.8 Å². The zero-order valence-corrected chi connectivity index (χ0v) is 11.1. The molecule has 0 atom stereocenters. The Morgan fingerprint density at radius 1 is 1.21 bits per heavy atom. The zero-order valence-electron chi connectivity index (χ0n) is 9.54. The highest BCUT2D eigenvalue weighted by molar-refractivity contribution is 9.10. The lowest BCUT2D eigenvalue weighted by molar-refractivity contribution is -0.384. The molecule has 1 N–H and O–H groups in total. The molecular formula is C12H8BrN3O3. The number of carbonyl (C=O) groups excluding carboxylic acids is 1. The third kappa shape index (κ3) is 3.35. The lowest BCUT2D eigenvalue weighted by Gasteiger charge is -2.04. The maximum absolute atomic E-state index is 11.8. The van der Waals surface area contributed by atoms with E-state index in [1.54, 1.807) is 18.3 Å². The summed E-state index contributed by atoms with van der Waals surface area (Å²) < 4.78 is 0.806. The van der Waals surface area contributed by atoms with E-state index in [9.17, 15) is 14.9 Å². The first-order valence-corrected chi connectivity index (χ1v) is 6.03. The van der Waals surface area contributed by atoms with Gasteiger partial charge in [0.05, 0.1) is 4.92 Å². The van der Waals surface area contributed by atoms with Crippen LogP contribution in [-0.2, 0) is 0 Å². The van der Waals surface area contributed by atoms with Crippen molar-refractivity contribution >= 4 is 33.3 Å². The maximum Gasteiger partial charge on any atom is 0.269 e. The number of carbonyl (C=O) groups is 1. The predicted octanol–water partition coefficient (Wildman–Crippen LogP) is 3.00. The molecule has 0 radical (unpaired) electrons. The second kappa shape index (κ2) is 5.57. The number of aromatic nitrogens is 1. The van der Waals surface area contributed by atoms with Crippen molar-refractivity contribution in [3.8, 4) is 0 Å². The third-order valence-electron chi connectivity index (χ3n) is 2.31. The number of anilines is 1. The fourth-order valence-electron chi connectivity index (χ4n) is 1.37. The predicted molar refractivity (Wildman–Crippen MR) is 73.0 cm³/mol. The molecule has 96 valence electrons. The van der Waals surface area contributed by atoms with Crippen LogP contribution >= 0.6 is 15.9 Å². The van der Waals surface area contributed by atoms with Gasteiger partial charge in [0.2, 0.25) is 0 Å². The van der Waals surface area contributed by atoms with Gasteiger partial charge in [-0.2, -0.15) is 0 Å².